The highest BCUT2D eigenvalue weighted by molar-refractivity contribution is 4.70. The number of piperazine rings is 1. The number of rotatable bonds is 3. The SMILES string of the molecule is C[CH]CCN1CCN(C)CC1. The molecule has 1 heterocycles. The first-order valence-corrected chi connectivity index (χ1v) is 4.51. The van der Waals surface area contributed by atoms with E-state index in [4.69, 9.17) is 0 Å². The van der Waals surface area contributed by atoms with Crippen molar-refractivity contribution in [3.05, 3.63) is 6.42 Å². The first-order chi connectivity index (χ1) is 5.33. The molecule has 0 unspecified atom stereocenters. The zero-order chi connectivity index (χ0) is 8.10. The Morgan fingerprint density at radius 2 is 1.82 bits per heavy atom. The summed E-state index contributed by atoms with van der Waals surface area (Å²) in [6, 6.07) is 0. The Labute approximate surface area is 70.2 Å². The molecule has 0 aromatic rings. The molecule has 1 aliphatic heterocycles. The van der Waals surface area contributed by atoms with Crippen LogP contribution in [0.15, 0.2) is 0 Å². The van der Waals surface area contributed by atoms with Crippen molar-refractivity contribution in [1.82, 2.24) is 9.80 Å². The quantitative estimate of drug-likeness (QED) is 0.596. The van der Waals surface area contributed by atoms with Gasteiger partial charge >= 0.3 is 0 Å². The van der Waals surface area contributed by atoms with E-state index >= 15 is 0 Å². The topological polar surface area (TPSA) is 6.48 Å². The van der Waals surface area contributed by atoms with Crippen molar-refractivity contribution in [3.63, 3.8) is 0 Å². The highest BCUT2D eigenvalue weighted by atomic mass is 15.2. The van der Waals surface area contributed by atoms with Crippen molar-refractivity contribution in [2.24, 2.45) is 0 Å². The lowest BCUT2D eigenvalue weighted by Gasteiger charge is -2.32. The molecule has 0 aliphatic carbocycles. The predicted molar refractivity (Wildman–Crippen MR) is 48.5 cm³/mol. The molecule has 0 atom stereocenters. The van der Waals surface area contributed by atoms with Gasteiger partial charge in [0, 0.05) is 26.2 Å². The van der Waals surface area contributed by atoms with Gasteiger partial charge in [-0.15, -0.1) is 0 Å². The summed E-state index contributed by atoms with van der Waals surface area (Å²) in [6.07, 6.45) is 3.49. The average Bonchev–Trinajstić information content (AvgIpc) is 2.04. The van der Waals surface area contributed by atoms with Gasteiger partial charge in [0.1, 0.15) is 0 Å². The second-order valence-electron chi connectivity index (χ2n) is 3.34. The van der Waals surface area contributed by atoms with E-state index in [1.54, 1.807) is 0 Å². The molecule has 2 heteroatoms. The smallest absolute Gasteiger partial charge is 0.0110 e. The minimum atomic E-state index is 1.24. The largest absolute Gasteiger partial charge is 0.304 e. The monoisotopic (exact) mass is 155 g/mol. The summed E-state index contributed by atoms with van der Waals surface area (Å²) in [6.45, 7) is 8.38. The highest BCUT2D eigenvalue weighted by Crippen LogP contribution is 2.00. The summed E-state index contributed by atoms with van der Waals surface area (Å²) >= 11 is 0. The Morgan fingerprint density at radius 3 is 2.36 bits per heavy atom. The molecule has 0 aromatic carbocycles. The normalized spacial score (nSPS) is 22.4. The van der Waals surface area contributed by atoms with Gasteiger partial charge in [0.05, 0.1) is 0 Å². The van der Waals surface area contributed by atoms with Gasteiger partial charge in [-0.2, -0.15) is 0 Å². The zero-order valence-electron chi connectivity index (χ0n) is 7.71. The van der Waals surface area contributed by atoms with Crippen LogP contribution in [0, 0.1) is 6.42 Å². The summed E-state index contributed by atoms with van der Waals surface area (Å²) < 4.78 is 0. The van der Waals surface area contributed by atoms with Gasteiger partial charge < -0.3 is 9.80 Å². The Bertz CT molecular complexity index is 93.0. The number of nitrogens with zero attached hydrogens (tertiary/aromatic N) is 2. The lowest BCUT2D eigenvalue weighted by Crippen LogP contribution is -2.44. The standard InChI is InChI=1S/C9H19N2/c1-3-4-5-11-8-6-10(2)7-9-11/h3H,4-9H2,1-2H3. The van der Waals surface area contributed by atoms with E-state index in [1.165, 1.54) is 39.1 Å². The summed E-state index contributed by atoms with van der Waals surface area (Å²) in [5.74, 6) is 0. The van der Waals surface area contributed by atoms with Gasteiger partial charge in [0.15, 0.2) is 0 Å². The van der Waals surface area contributed by atoms with Crippen molar-refractivity contribution in [3.8, 4) is 0 Å². The lowest BCUT2D eigenvalue weighted by atomic mass is 10.3. The number of hydrogen-bond donors (Lipinski definition) is 0. The molecular formula is C9H19N2. The van der Waals surface area contributed by atoms with Crippen LogP contribution in [0.2, 0.25) is 0 Å². The van der Waals surface area contributed by atoms with Crippen LogP contribution in [-0.2, 0) is 0 Å². The van der Waals surface area contributed by atoms with Crippen LogP contribution in [0.5, 0.6) is 0 Å². The van der Waals surface area contributed by atoms with Crippen molar-refractivity contribution in [2.45, 2.75) is 13.3 Å². The number of hydrogen-bond acceptors (Lipinski definition) is 2. The van der Waals surface area contributed by atoms with Crippen molar-refractivity contribution < 1.29 is 0 Å². The molecule has 0 amide bonds. The van der Waals surface area contributed by atoms with E-state index in [0.29, 0.717) is 0 Å². The minimum Gasteiger partial charge on any atom is -0.304 e. The second-order valence-corrected chi connectivity index (χ2v) is 3.34. The Kier molecular flexibility index (Phi) is 3.87. The third-order valence-electron chi connectivity index (χ3n) is 2.33. The van der Waals surface area contributed by atoms with E-state index < -0.39 is 0 Å². The summed E-state index contributed by atoms with van der Waals surface area (Å²) in [4.78, 5) is 4.94. The molecule has 1 fully saturated rings. The van der Waals surface area contributed by atoms with E-state index in [-0.39, 0.29) is 0 Å². The Morgan fingerprint density at radius 1 is 1.18 bits per heavy atom. The minimum absolute atomic E-state index is 1.24. The fourth-order valence-corrected chi connectivity index (χ4v) is 1.38. The molecule has 11 heavy (non-hydrogen) atoms. The molecule has 0 N–H and O–H groups in total. The predicted octanol–water partition coefficient (Wildman–Crippen LogP) is 0.848. The van der Waals surface area contributed by atoms with Crippen molar-refractivity contribution in [2.75, 3.05) is 39.8 Å². The van der Waals surface area contributed by atoms with Crippen LogP contribution < -0.4 is 0 Å². The van der Waals surface area contributed by atoms with Crippen molar-refractivity contribution >= 4 is 0 Å². The van der Waals surface area contributed by atoms with Crippen LogP contribution in [0.3, 0.4) is 0 Å². The van der Waals surface area contributed by atoms with E-state index in [0.717, 1.165) is 0 Å². The molecule has 1 radical (unpaired) electrons. The first-order valence-electron chi connectivity index (χ1n) is 4.51. The molecule has 1 aliphatic rings. The molecule has 65 valence electrons. The van der Waals surface area contributed by atoms with Crippen LogP contribution in [0.4, 0.5) is 0 Å². The van der Waals surface area contributed by atoms with Gasteiger partial charge in [-0.05, 0) is 26.4 Å². The van der Waals surface area contributed by atoms with Gasteiger partial charge in [0.2, 0.25) is 0 Å². The molecule has 0 bridgehead atoms. The first kappa shape index (κ1) is 9.01. The van der Waals surface area contributed by atoms with Crippen LogP contribution in [0.1, 0.15) is 13.3 Å². The average molecular weight is 155 g/mol. The number of unbranched alkanes of at least 4 members (excludes halogenated alkanes) is 1. The van der Waals surface area contributed by atoms with Crippen LogP contribution in [-0.4, -0.2) is 49.6 Å². The number of likely N-dealkylation sites (N-methyl/N-ethyl adjacent to an activating group) is 1. The Balaban J connectivity index is 2.07. The van der Waals surface area contributed by atoms with Crippen LogP contribution >= 0.6 is 0 Å². The third-order valence-corrected chi connectivity index (χ3v) is 2.33. The van der Waals surface area contributed by atoms with E-state index in [1.807, 2.05) is 0 Å². The fourth-order valence-electron chi connectivity index (χ4n) is 1.38. The third kappa shape index (κ3) is 3.21. The molecule has 0 spiro atoms. The van der Waals surface area contributed by atoms with E-state index in [2.05, 4.69) is 30.2 Å². The van der Waals surface area contributed by atoms with Crippen LogP contribution in [0.25, 0.3) is 0 Å². The summed E-state index contributed by atoms with van der Waals surface area (Å²) in [5.41, 5.74) is 0. The second kappa shape index (κ2) is 4.73. The summed E-state index contributed by atoms with van der Waals surface area (Å²) in [7, 11) is 2.20. The maximum atomic E-state index is 2.54. The summed E-state index contributed by atoms with van der Waals surface area (Å²) in [5, 5.41) is 0. The molecule has 0 aromatic heterocycles. The maximum Gasteiger partial charge on any atom is 0.0110 e. The lowest BCUT2D eigenvalue weighted by molar-refractivity contribution is 0.155. The van der Waals surface area contributed by atoms with Gasteiger partial charge in [-0.1, -0.05) is 6.92 Å². The van der Waals surface area contributed by atoms with Gasteiger partial charge in [-0.25, -0.2) is 0 Å². The molecule has 0 saturated carbocycles. The fraction of sp³-hybridized carbons (Fsp3) is 0.889. The van der Waals surface area contributed by atoms with Gasteiger partial charge in [-0.3, -0.25) is 0 Å². The zero-order valence-corrected chi connectivity index (χ0v) is 7.71. The van der Waals surface area contributed by atoms with E-state index in [9.17, 15) is 0 Å². The highest BCUT2D eigenvalue weighted by Gasteiger charge is 2.11. The Hall–Kier alpha value is -0.0800. The molecule has 1 saturated heterocycles. The van der Waals surface area contributed by atoms with Crippen molar-refractivity contribution in [1.29, 1.82) is 0 Å². The molecular weight excluding hydrogens is 136 g/mol. The molecule has 1 rings (SSSR count). The maximum absolute atomic E-state index is 2.54. The van der Waals surface area contributed by atoms with Gasteiger partial charge in [0.25, 0.3) is 0 Å². The molecule has 2 nitrogen and oxygen atoms in total.